The van der Waals surface area contributed by atoms with Gasteiger partial charge in [0.1, 0.15) is 0 Å². The Morgan fingerprint density at radius 2 is 1.93 bits per heavy atom. The van der Waals surface area contributed by atoms with Gasteiger partial charge in [-0.05, 0) is 52.9 Å². The van der Waals surface area contributed by atoms with E-state index < -0.39 is 0 Å². The Hall–Kier alpha value is -0.120. The summed E-state index contributed by atoms with van der Waals surface area (Å²) in [5.74, 6) is 0. The highest BCUT2D eigenvalue weighted by Gasteiger charge is 2.23. The zero-order chi connectivity index (χ0) is 10.7. The van der Waals surface area contributed by atoms with Crippen LogP contribution in [0.2, 0.25) is 0 Å². The number of likely N-dealkylation sites (N-methyl/N-ethyl adjacent to an activating group) is 2. The largest absolute Gasteiger partial charge is 0.311 e. The number of nitrogens with zero attached hydrogens (tertiary/aromatic N) is 2. The quantitative estimate of drug-likeness (QED) is 0.744. The second-order valence-electron chi connectivity index (χ2n) is 5.29. The Kier molecular flexibility index (Phi) is 4.00. The molecule has 0 aromatic carbocycles. The van der Waals surface area contributed by atoms with Gasteiger partial charge in [0.2, 0.25) is 0 Å². The summed E-state index contributed by atoms with van der Waals surface area (Å²) >= 11 is 0. The van der Waals surface area contributed by atoms with E-state index in [0.717, 1.165) is 12.1 Å². The molecule has 3 nitrogen and oxygen atoms in total. The number of nitrogens with one attached hydrogen (secondary N) is 1. The summed E-state index contributed by atoms with van der Waals surface area (Å²) in [6.45, 7) is 4.99. The predicted octanol–water partition coefficient (Wildman–Crippen LogP) is 0.764. The van der Waals surface area contributed by atoms with Crippen molar-refractivity contribution in [2.24, 2.45) is 0 Å². The summed E-state index contributed by atoms with van der Waals surface area (Å²) in [4.78, 5) is 4.94. The summed E-state index contributed by atoms with van der Waals surface area (Å²) in [6, 6.07) is 1.52. The molecule has 2 heterocycles. The molecular weight excluding hydrogens is 186 g/mol. The van der Waals surface area contributed by atoms with E-state index in [9.17, 15) is 0 Å². The minimum absolute atomic E-state index is 0.734. The van der Waals surface area contributed by atoms with Crippen molar-refractivity contribution in [3.05, 3.63) is 0 Å². The lowest BCUT2D eigenvalue weighted by molar-refractivity contribution is 0.213. The molecule has 2 unspecified atom stereocenters. The maximum Gasteiger partial charge on any atom is 0.0218 e. The number of piperidine rings is 1. The van der Waals surface area contributed by atoms with Crippen LogP contribution in [0.4, 0.5) is 0 Å². The van der Waals surface area contributed by atoms with Crippen LogP contribution in [0.1, 0.15) is 25.7 Å². The molecule has 0 amide bonds. The highest BCUT2D eigenvalue weighted by molar-refractivity contribution is 4.82. The van der Waals surface area contributed by atoms with Crippen LogP contribution in [-0.4, -0.2) is 62.2 Å². The molecule has 1 N–H and O–H groups in total. The molecule has 0 radical (unpaired) electrons. The first-order valence-corrected chi connectivity index (χ1v) is 6.38. The van der Waals surface area contributed by atoms with Gasteiger partial charge in [-0.15, -0.1) is 0 Å². The monoisotopic (exact) mass is 211 g/mol. The third kappa shape index (κ3) is 3.16. The first-order valence-electron chi connectivity index (χ1n) is 6.38. The van der Waals surface area contributed by atoms with Gasteiger partial charge >= 0.3 is 0 Å². The van der Waals surface area contributed by atoms with Crippen molar-refractivity contribution < 1.29 is 0 Å². The summed E-state index contributed by atoms with van der Waals surface area (Å²) in [7, 11) is 4.49. The van der Waals surface area contributed by atoms with Gasteiger partial charge in [-0.2, -0.15) is 0 Å². The highest BCUT2D eigenvalue weighted by Crippen LogP contribution is 2.14. The fourth-order valence-corrected chi connectivity index (χ4v) is 2.87. The summed E-state index contributed by atoms with van der Waals surface area (Å²) in [5, 5.41) is 3.74. The number of hydrogen-bond donors (Lipinski definition) is 1. The van der Waals surface area contributed by atoms with Gasteiger partial charge in [-0.1, -0.05) is 0 Å². The van der Waals surface area contributed by atoms with E-state index in [-0.39, 0.29) is 0 Å². The second-order valence-corrected chi connectivity index (χ2v) is 5.29. The molecule has 88 valence electrons. The fraction of sp³-hybridized carbons (Fsp3) is 1.00. The van der Waals surface area contributed by atoms with Crippen LogP contribution in [0.25, 0.3) is 0 Å². The Morgan fingerprint density at radius 1 is 1.13 bits per heavy atom. The van der Waals surface area contributed by atoms with Crippen LogP contribution >= 0.6 is 0 Å². The molecule has 0 saturated carbocycles. The molecule has 3 heteroatoms. The van der Waals surface area contributed by atoms with E-state index >= 15 is 0 Å². The molecule has 2 saturated heterocycles. The van der Waals surface area contributed by atoms with Crippen LogP contribution in [0.5, 0.6) is 0 Å². The van der Waals surface area contributed by atoms with Crippen LogP contribution in [0.15, 0.2) is 0 Å². The van der Waals surface area contributed by atoms with Gasteiger partial charge in [0, 0.05) is 25.2 Å². The molecule has 2 aliphatic rings. The van der Waals surface area contributed by atoms with Gasteiger partial charge in [0.25, 0.3) is 0 Å². The van der Waals surface area contributed by atoms with E-state index in [1.165, 1.54) is 51.9 Å². The molecule has 2 fully saturated rings. The summed E-state index contributed by atoms with van der Waals surface area (Å²) in [6.07, 6.45) is 5.48. The number of hydrogen-bond acceptors (Lipinski definition) is 3. The van der Waals surface area contributed by atoms with E-state index in [2.05, 4.69) is 29.2 Å². The third-order valence-electron chi connectivity index (χ3n) is 3.94. The first kappa shape index (κ1) is 11.4. The minimum Gasteiger partial charge on any atom is -0.311 e. The molecule has 2 atom stereocenters. The lowest BCUT2D eigenvalue weighted by atomic mass is 10.1. The molecular formula is C12H25N3. The summed E-state index contributed by atoms with van der Waals surface area (Å²) < 4.78 is 0. The molecule has 0 aliphatic carbocycles. The summed E-state index contributed by atoms with van der Waals surface area (Å²) in [5.41, 5.74) is 0. The van der Waals surface area contributed by atoms with E-state index in [1.807, 2.05) is 0 Å². The van der Waals surface area contributed by atoms with Gasteiger partial charge in [0.15, 0.2) is 0 Å². The smallest absolute Gasteiger partial charge is 0.0218 e. The molecule has 2 aliphatic heterocycles. The predicted molar refractivity (Wildman–Crippen MR) is 64.2 cm³/mol. The van der Waals surface area contributed by atoms with Crippen LogP contribution < -0.4 is 5.32 Å². The maximum atomic E-state index is 3.74. The molecule has 0 spiro atoms. The third-order valence-corrected chi connectivity index (χ3v) is 3.94. The van der Waals surface area contributed by atoms with Gasteiger partial charge in [-0.25, -0.2) is 0 Å². The lowest BCUT2D eigenvalue weighted by Crippen LogP contribution is -2.47. The molecule has 0 aromatic heterocycles. The molecule has 0 aromatic rings. The van der Waals surface area contributed by atoms with E-state index in [4.69, 9.17) is 0 Å². The van der Waals surface area contributed by atoms with Crippen molar-refractivity contribution in [3.8, 4) is 0 Å². The molecule has 0 bridgehead atoms. The van der Waals surface area contributed by atoms with E-state index in [1.54, 1.807) is 0 Å². The Labute approximate surface area is 93.8 Å². The van der Waals surface area contributed by atoms with Crippen molar-refractivity contribution in [1.29, 1.82) is 0 Å². The van der Waals surface area contributed by atoms with E-state index in [0.29, 0.717) is 0 Å². The Morgan fingerprint density at radius 3 is 2.60 bits per heavy atom. The zero-order valence-electron chi connectivity index (χ0n) is 10.2. The average Bonchev–Trinajstić information content (AvgIpc) is 2.61. The Balaban J connectivity index is 1.68. The second kappa shape index (κ2) is 5.28. The van der Waals surface area contributed by atoms with Crippen molar-refractivity contribution in [1.82, 2.24) is 15.1 Å². The zero-order valence-corrected chi connectivity index (χ0v) is 10.2. The molecule has 2 rings (SSSR count). The van der Waals surface area contributed by atoms with Crippen molar-refractivity contribution in [2.75, 3.05) is 40.3 Å². The molecule has 15 heavy (non-hydrogen) atoms. The normalized spacial score (nSPS) is 34.8. The van der Waals surface area contributed by atoms with Crippen LogP contribution in [0, 0.1) is 0 Å². The fourth-order valence-electron chi connectivity index (χ4n) is 2.87. The Bertz CT molecular complexity index is 195. The number of likely N-dealkylation sites (tertiary alicyclic amines) is 2. The SMILES string of the molecule is CN1CCCC(NCC2CCCN2C)C1. The topological polar surface area (TPSA) is 18.5 Å². The minimum atomic E-state index is 0.734. The highest BCUT2D eigenvalue weighted by atomic mass is 15.2. The average molecular weight is 211 g/mol. The van der Waals surface area contributed by atoms with Gasteiger partial charge < -0.3 is 15.1 Å². The standard InChI is InChI=1S/C12H25N3/c1-14-7-3-5-11(10-14)13-9-12-6-4-8-15(12)2/h11-13H,3-10H2,1-2H3. The van der Waals surface area contributed by atoms with Crippen molar-refractivity contribution in [3.63, 3.8) is 0 Å². The van der Waals surface area contributed by atoms with Crippen LogP contribution in [0.3, 0.4) is 0 Å². The maximum absolute atomic E-state index is 3.74. The first-order chi connectivity index (χ1) is 7.25. The van der Waals surface area contributed by atoms with Crippen molar-refractivity contribution in [2.45, 2.75) is 37.8 Å². The van der Waals surface area contributed by atoms with Gasteiger partial charge in [0.05, 0.1) is 0 Å². The van der Waals surface area contributed by atoms with Crippen LogP contribution in [-0.2, 0) is 0 Å². The van der Waals surface area contributed by atoms with Crippen molar-refractivity contribution >= 4 is 0 Å². The number of rotatable bonds is 3. The van der Waals surface area contributed by atoms with Gasteiger partial charge in [-0.3, -0.25) is 0 Å². The lowest BCUT2D eigenvalue weighted by Gasteiger charge is -2.32.